The molecule has 0 aliphatic carbocycles. The molecule has 2 aliphatic rings. The van der Waals surface area contributed by atoms with Crippen molar-refractivity contribution in [2.75, 3.05) is 33.7 Å². The van der Waals surface area contributed by atoms with Crippen molar-refractivity contribution in [3.05, 3.63) is 66.3 Å². The number of ether oxygens (including phenoxy) is 5. The fourth-order valence-electron chi connectivity index (χ4n) is 3.85. The summed E-state index contributed by atoms with van der Waals surface area (Å²) in [7, 11) is 1.60. The van der Waals surface area contributed by atoms with E-state index in [1.807, 2.05) is 36.4 Å². The maximum atomic E-state index is 13.2. The van der Waals surface area contributed by atoms with E-state index >= 15 is 0 Å². The Morgan fingerprint density at radius 1 is 1.18 bits per heavy atom. The van der Waals surface area contributed by atoms with Gasteiger partial charge in [-0.2, -0.15) is 0 Å². The minimum absolute atomic E-state index is 0.0463. The van der Waals surface area contributed by atoms with Crippen LogP contribution in [0, 0.1) is 0 Å². The summed E-state index contributed by atoms with van der Waals surface area (Å²) in [5.41, 5.74) is 1.82. The standard InChI is InChI=1S/C26H29NO6/c1-3-12-31-22-10-7-20(15-24(22)29-2)16-27(17-21-5-4-13-30-21)26(28)11-8-19-6-9-23-25(14-19)33-18-32-23/h3,6-11,14-15,21H,1,4-5,12-13,16-18H2,2H3. The first-order valence-corrected chi connectivity index (χ1v) is 11.0. The third-order valence-corrected chi connectivity index (χ3v) is 5.53. The molecule has 0 aromatic heterocycles. The zero-order valence-corrected chi connectivity index (χ0v) is 18.8. The third kappa shape index (κ3) is 5.87. The summed E-state index contributed by atoms with van der Waals surface area (Å²) >= 11 is 0. The van der Waals surface area contributed by atoms with Crippen LogP contribution >= 0.6 is 0 Å². The van der Waals surface area contributed by atoms with Gasteiger partial charge < -0.3 is 28.6 Å². The number of methoxy groups -OCH3 is 1. The smallest absolute Gasteiger partial charge is 0.246 e. The Hall–Kier alpha value is -3.45. The Kier molecular flexibility index (Phi) is 7.52. The van der Waals surface area contributed by atoms with Gasteiger partial charge in [-0.3, -0.25) is 4.79 Å². The molecule has 2 aromatic carbocycles. The first kappa shape index (κ1) is 22.7. The van der Waals surface area contributed by atoms with E-state index < -0.39 is 0 Å². The van der Waals surface area contributed by atoms with Crippen LogP contribution in [0.15, 0.2) is 55.1 Å². The van der Waals surface area contributed by atoms with Crippen molar-refractivity contribution in [1.29, 1.82) is 0 Å². The molecule has 0 spiro atoms. The molecule has 0 radical (unpaired) electrons. The van der Waals surface area contributed by atoms with Crippen LogP contribution in [0.2, 0.25) is 0 Å². The number of hydrogen-bond donors (Lipinski definition) is 0. The van der Waals surface area contributed by atoms with Gasteiger partial charge in [0.05, 0.1) is 13.2 Å². The molecule has 2 aliphatic heterocycles. The van der Waals surface area contributed by atoms with Crippen molar-refractivity contribution in [1.82, 2.24) is 4.90 Å². The molecule has 0 saturated carbocycles. The van der Waals surface area contributed by atoms with Gasteiger partial charge in [0.2, 0.25) is 12.7 Å². The lowest BCUT2D eigenvalue weighted by molar-refractivity contribution is -0.128. The fraction of sp³-hybridized carbons (Fsp3) is 0.346. The molecular formula is C26H29NO6. The molecule has 1 atom stereocenters. The van der Waals surface area contributed by atoms with E-state index in [-0.39, 0.29) is 18.8 Å². The minimum atomic E-state index is -0.0888. The van der Waals surface area contributed by atoms with Gasteiger partial charge in [-0.15, -0.1) is 0 Å². The van der Waals surface area contributed by atoms with Crippen LogP contribution in [-0.4, -0.2) is 50.6 Å². The fourth-order valence-corrected chi connectivity index (χ4v) is 3.85. The van der Waals surface area contributed by atoms with Crippen molar-refractivity contribution >= 4 is 12.0 Å². The average molecular weight is 452 g/mol. The molecule has 174 valence electrons. The summed E-state index contributed by atoms with van der Waals surface area (Å²) in [6.07, 6.45) is 7.08. The Bertz CT molecular complexity index is 1010. The summed E-state index contributed by atoms with van der Waals surface area (Å²) in [4.78, 5) is 15.0. The Morgan fingerprint density at radius 2 is 2.06 bits per heavy atom. The predicted octanol–water partition coefficient (Wildman–Crippen LogP) is 4.21. The highest BCUT2D eigenvalue weighted by Gasteiger charge is 2.22. The topological polar surface area (TPSA) is 66.5 Å². The Morgan fingerprint density at radius 3 is 2.85 bits per heavy atom. The molecule has 33 heavy (non-hydrogen) atoms. The van der Waals surface area contributed by atoms with Crippen LogP contribution in [0.5, 0.6) is 23.0 Å². The van der Waals surface area contributed by atoms with Gasteiger partial charge in [0.15, 0.2) is 23.0 Å². The average Bonchev–Trinajstić information content (AvgIpc) is 3.52. The minimum Gasteiger partial charge on any atom is -0.493 e. The second kappa shape index (κ2) is 10.9. The number of rotatable bonds is 10. The van der Waals surface area contributed by atoms with E-state index in [0.29, 0.717) is 42.7 Å². The molecule has 1 fully saturated rings. The number of carbonyl (C=O) groups excluding carboxylic acids is 1. The highest BCUT2D eigenvalue weighted by atomic mass is 16.7. The van der Waals surface area contributed by atoms with Gasteiger partial charge in [-0.1, -0.05) is 24.8 Å². The second-order valence-corrected chi connectivity index (χ2v) is 7.88. The van der Waals surface area contributed by atoms with Crippen molar-refractivity contribution in [3.8, 4) is 23.0 Å². The molecule has 1 saturated heterocycles. The summed E-state index contributed by atoms with van der Waals surface area (Å²) in [5.74, 6) is 2.57. The highest BCUT2D eigenvalue weighted by molar-refractivity contribution is 5.92. The summed E-state index contributed by atoms with van der Waals surface area (Å²) in [5, 5.41) is 0. The molecule has 0 bridgehead atoms. The van der Waals surface area contributed by atoms with E-state index in [9.17, 15) is 4.79 Å². The number of fused-ring (bicyclic) bond motifs is 1. The van der Waals surface area contributed by atoms with Crippen molar-refractivity contribution in [2.24, 2.45) is 0 Å². The molecular weight excluding hydrogens is 422 g/mol. The quantitative estimate of drug-likeness (QED) is 0.398. The van der Waals surface area contributed by atoms with E-state index in [2.05, 4.69) is 6.58 Å². The normalized spacial score (nSPS) is 16.7. The molecule has 2 aromatic rings. The molecule has 1 amide bonds. The second-order valence-electron chi connectivity index (χ2n) is 7.88. The molecule has 0 N–H and O–H groups in total. The number of benzene rings is 2. The summed E-state index contributed by atoms with van der Waals surface area (Å²) in [6, 6.07) is 11.3. The number of amides is 1. The van der Waals surface area contributed by atoms with E-state index in [1.165, 1.54) is 0 Å². The lowest BCUT2D eigenvalue weighted by atomic mass is 10.1. The van der Waals surface area contributed by atoms with Crippen LogP contribution in [0.25, 0.3) is 6.08 Å². The van der Waals surface area contributed by atoms with E-state index in [1.54, 1.807) is 30.2 Å². The summed E-state index contributed by atoms with van der Waals surface area (Å²) in [6.45, 7) is 5.98. The molecule has 2 heterocycles. The molecule has 4 rings (SSSR count). The van der Waals surface area contributed by atoms with Crippen molar-refractivity contribution in [3.63, 3.8) is 0 Å². The van der Waals surface area contributed by atoms with Crippen LogP contribution < -0.4 is 18.9 Å². The van der Waals surface area contributed by atoms with Gasteiger partial charge >= 0.3 is 0 Å². The molecule has 7 heteroatoms. The van der Waals surface area contributed by atoms with Gasteiger partial charge in [0.25, 0.3) is 0 Å². The molecule has 1 unspecified atom stereocenters. The Balaban J connectivity index is 1.49. The van der Waals surface area contributed by atoms with Crippen LogP contribution in [0.4, 0.5) is 0 Å². The lowest BCUT2D eigenvalue weighted by Gasteiger charge is -2.25. The zero-order valence-electron chi connectivity index (χ0n) is 18.8. The summed E-state index contributed by atoms with van der Waals surface area (Å²) < 4.78 is 27.7. The third-order valence-electron chi connectivity index (χ3n) is 5.53. The monoisotopic (exact) mass is 451 g/mol. The molecule has 7 nitrogen and oxygen atoms in total. The van der Waals surface area contributed by atoms with Crippen LogP contribution in [0.1, 0.15) is 24.0 Å². The maximum absolute atomic E-state index is 13.2. The van der Waals surface area contributed by atoms with Gasteiger partial charge in [-0.25, -0.2) is 0 Å². The van der Waals surface area contributed by atoms with Crippen LogP contribution in [0.3, 0.4) is 0 Å². The van der Waals surface area contributed by atoms with Crippen LogP contribution in [-0.2, 0) is 16.1 Å². The van der Waals surface area contributed by atoms with Crippen molar-refractivity contribution in [2.45, 2.75) is 25.5 Å². The highest BCUT2D eigenvalue weighted by Crippen LogP contribution is 2.33. The van der Waals surface area contributed by atoms with Gasteiger partial charge in [0.1, 0.15) is 6.61 Å². The number of hydrogen-bond acceptors (Lipinski definition) is 6. The predicted molar refractivity (Wildman–Crippen MR) is 125 cm³/mol. The van der Waals surface area contributed by atoms with Crippen molar-refractivity contribution < 1.29 is 28.5 Å². The first-order valence-electron chi connectivity index (χ1n) is 11.0. The number of carbonyl (C=O) groups is 1. The first-order chi connectivity index (χ1) is 16.2. The van der Waals surface area contributed by atoms with E-state index in [4.69, 9.17) is 23.7 Å². The zero-order chi connectivity index (χ0) is 23.0. The lowest BCUT2D eigenvalue weighted by Crippen LogP contribution is -2.35. The SMILES string of the molecule is C=CCOc1ccc(CN(CC2CCCO2)C(=O)C=Cc2ccc3c(c2)OCO3)cc1OC. The van der Waals surface area contributed by atoms with E-state index in [0.717, 1.165) is 30.6 Å². The number of nitrogens with zero attached hydrogens (tertiary/aromatic N) is 1. The van der Waals surface area contributed by atoms with Gasteiger partial charge in [-0.05, 0) is 54.3 Å². The van der Waals surface area contributed by atoms with Gasteiger partial charge in [0, 0.05) is 25.8 Å². The largest absolute Gasteiger partial charge is 0.493 e. The Labute approximate surface area is 194 Å². The maximum Gasteiger partial charge on any atom is 0.246 e.